The molecule has 78 valence electrons. The molecule has 0 radical (unpaired) electrons. The molecule has 0 aliphatic heterocycles. The van der Waals surface area contributed by atoms with E-state index >= 15 is 0 Å². The summed E-state index contributed by atoms with van der Waals surface area (Å²) in [4.78, 5) is 0. The van der Waals surface area contributed by atoms with E-state index in [9.17, 15) is 0 Å². The van der Waals surface area contributed by atoms with E-state index in [0.717, 1.165) is 5.69 Å². The fourth-order valence-electron chi connectivity index (χ4n) is 2.27. The van der Waals surface area contributed by atoms with Crippen LogP contribution in [-0.2, 0) is 0 Å². The second-order valence-electron chi connectivity index (χ2n) is 4.44. The molecule has 0 saturated heterocycles. The maximum Gasteiger partial charge on any atom is 0.0708 e. The van der Waals surface area contributed by atoms with Gasteiger partial charge < -0.3 is 5.73 Å². The van der Waals surface area contributed by atoms with Gasteiger partial charge in [0.15, 0.2) is 0 Å². The first-order valence-electron chi connectivity index (χ1n) is 5.49. The van der Waals surface area contributed by atoms with Crippen LogP contribution in [0.1, 0.15) is 30.9 Å². The molecule has 0 bridgehead atoms. The highest BCUT2D eigenvalue weighted by atomic mass is 15.3. The van der Waals surface area contributed by atoms with Gasteiger partial charge in [0, 0.05) is 11.1 Å². The number of hydrogen-bond donors (Lipinski definition) is 1. The Kier molecular flexibility index (Phi) is 1.75. The molecule has 0 amide bonds. The van der Waals surface area contributed by atoms with E-state index in [1.165, 1.54) is 35.7 Å². The zero-order valence-electron chi connectivity index (χ0n) is 8.90. The average molecular weight is 201 g/mol. The zero-order valence-corrected chi connectivity index (χ0v) is 8.90. The summed E-state index contributed by atoms with van der Waals surface area (Å²) in [6.45, 7) is 2.09. The summed E-state index contributed by atoms with van der Waals surface area (Å²) in [7, 11) is 0. The van der Waals surface area contributed by atoms with Crippen molar-refractivity contribution in [3.63, 3.8) is 0 Å². The normalized spacial score (nSPS) is 16.9. The number of nitrogen functional groups attached to an aromatic ring is 1. The van der Waals surface area contributed by atoms with Crippen LogP contribution in [0.5, 0.6) is 0 Å². The van der Waals surface area contributed by atoms with E-state index in [0.29, 0.717) is 6.04 Å². The molecule has 1 aliphatic carbocycles. The Balaban J connectivity index is 2.23. The molecule has 1 fully saturated rings. The molecule has 1 aliphatic rings. The van der Waals surface area contributed by atoms with Gasteiger partial charge in [0.25, 0.3) is 0 Å². The highest BCUT2D eigenvalue weighted by Gasteiger charge is 2.21. The van der Waals surface area contributed by atoms with Gasteiger partial charge in [0.2, 0.25) is 0 Å². The lowest BCUT2D eigenvalue weighted by atomic mass is 9.93. The van der Waals surface area contributed by atoms with Crippen LogP contribution >= 0.6 is 0 Å². The average Bonchev–Trinajstić information content (AvgIpc) is 2.46. The zero-order chi connectivity index (χ0) is 10.4. The Hall–Kier alpha value is -1.51. The smallest absolute Gasteiger partial charge is 0.0708 e. The molecule has 0 spiro atoms. The summed E-state index contributed by atoms with van der Waals surface area (Å²) in [5.74, 6) is 0. The molecule has 2 N–H and O–H groups in total. The van der Waals surface area contributed by atoms with Crippen LogP contribution in [0.4, 0.5) is 5.69 Å². The number of benzene rings is 1. The number of anilines is 1. The number of rotatable bonds is 1. The lowest BCUT2D eigenvalue weighted by Crippen LogP contribution is -2.17. The Morgan fingerprint density at radius 1 is 1.40 bits per heavy atom. The van der Waals surface area contributed by atoms with E-state index in [4.69, 9.17) is 5.73 Å². The van der Waals surface area contributed by atoms with Gasteiger partial charge >= 0.3 is 0 Å². The first-order valence-corrected chi connectivity index (χ1v) is 5.49. The third-order valence-electron chi connectivity index (χ3n) is 3.37. The second kappa shape index (κ2) is 2.99. The van der Waals surface area contributed by atoms with Crippen molar-refractivity contribution in [1.29, 1.82) is 0 Å². The number of nitrogens with zero attached hydrogens (tertiary/aromatic N) is 2. The number of hydrogen-bond acceptors (Lipinski definition) is 2. The second-order valence-corrected chi connectivity index (χ2v) is 4.44. The van der Waals surface area contributed by atoms with Gasteiger partial charge in [-0.3, -0.25) is 4.68 Å². The predicted molar refractivity (Wildman–Crippen MR) is 61.8 cm³/mol. The maximum atomic E-state index is 5.87. The highest BCUT2D eigenvalue weighted by Crippen LogP contribution is 2.34. The summed E-state index contributed by atoms with van der Waals surface area (Å²) >= 11 is 0. The van der Waals surface area contributed by atoms with Crippen molar-refractivity contribution in [3.05, 3.63) is 23.9 Å². The molecule has 15 heavy (non-hydrogen) atoms. The predicted octanol–water partition coefficient (Wildman–Crippen LogP) is 2.65. The lowest BCUT2D eigenvalue weighted by Gasteiger charge is -2.26. The molecule has 1 aromatic carbocycles. The van der Waals surface area contributed by atoms with Crippen molar-refractivity contribution in [2.45, 2.75) is 32.2 Å². The van der Waals surface area contributed by atoms with Crippen LogP contribution in [0.3, 0.4) is 0 Å². The fraction of sp³-hybridized carbons (Fsp3) is 0.417. The van der Waals surface area contributed by atoms with E-state index in [-0.39, 0.29) is 0 Å². The molecule has 0 unspecified atom stereocenters. The van der Waals surface area contributed by atoms with E-state index in [2.05, 4.69) is 16.7 Å². The van der Waals surface area contributed by atoms with Gasteiger partial charge in [-0.2, -0.15) is 5.10 Å². The molecule has 0 atom stereocenters. The van der Waals surface area contributed by atoms with Crippen LogP contribution in [0, 0.1) is 6.92 Å². The monoisotopic (exact) mass is 201 g/mol. The number of nitrogens with two attached hydrogens (primary N) is 1. The van der Waals surface area contributed by atoms with Crippen LogP contribution in [0.15, 0.2) is 18.3 Å². The Labute approximate surface area is 88.9 Å². The molecule has 1 saturated carbocycles. The van der Waals surface area contributed by atoms with Crippen LogP contribution in [-0.4, -0.2) is 9.78 Å². The van der Waals surface area contributed by atoms with Gasteiger partial charge in [0.05, 0.1) is 17.8 Å². The van der Waals surface area contributed by atoms with Crippen molar-refractivity contribution in [3.8, 4) is 0 Å². The molecular weight excluding hydrogens is 186 g/mol. The molecule has 3 heteroatoms. The minimum Gasteiger partial charge on any atom is -0.399 e. The van der Waals surface area contributed by atoms with E-state index in [1.54, 1.807) is 0 Å². The number of aromatic nitrogens is 2. The van der Waals surface area contributed by atoms with Gasteiger partial charge in [-0.15, -0.1) is 0 Å². The first kappa shape index (κ1) is 8.77. The van der Waals surface area contributed by atoms with Gasteiger partial charge in [-0.05, 0) is 43.9 Å². The summed E-state index contributed by atoms with van der Waals surface area (Å²) < 4.78 is 2.14. The van der Waals surface area contributed by atoms with Gasteiger partial charge in [-0.1, -0.05) is 0 Å². The van der Waals surface area contributed by atoms with Gasteiger partial charge in [-0.25, -0.2) is 0 Å². The van der Waals surface area contributed by atoms with Crippen molar-refractivity contribution in [2.75, 3.05) is 5.73 Å². The summed E-state index contributed by atoms with van der Waals surface area (Å²) in [6.07, 6.45) is 5.80. The Bertz CT molecular complexity index is 509. The maximum absolute atomic E-state index is 5.87. The van der Waals surface area contributed by atoms with Crippen molar-refractivity contribution < 1.29 is 0 Å². The fourth-order valence-corrected chi connectivity index (χ4v) is 2.27. The minimum absolute atomic E-state index is 0.601. The summed E-state index contributed by atoms with van der Waals surface area (Å²) in [5.41, 5.74) is 9.12. The largest absolute Gasteiger partial charge is 0.399 e. The molecule has 1 aromatic heterocycles. The quantitative estimate of drug-likeness (QED) is 0.721. The highest BCUT2D eigenvalue weighted by molar-refractivity contribution is 5.85. The molecule has 2 aromatic rings. The third kappa shape index (κ3) is 1.23. The van der Waals surface area contributed by atoms with Crippen LogP contribution in [0.2, 0.25) is 0 Å². The summed E-state index contributed by atoms with van der Waals surface area (Å²) in [6, 6.07) is 4.65. The first-order chi connectivity index (χ1) is 7.25. The lowest BCUT2D eigenvalue weighted by molar-refractivity contribution is 0.297. The molecule has 3 rings (SSSR count). The topological polar surface area (TPSA) is 43.8 Å². The standard InChI is InChI=1S/C12H15N3/c1-8-5-9(13)6-12-11(8)7-14-15(12)10-3-2-4-10/h5-7,10H,2-4,13H2,1H3. The number of fused-ring (bicyclic) bond motifs is 1. The molecular formula is C12H15N3. The van der Waals surface area contributed by atoms with Crippen molar-refractivity contribution in [1.82, 2.24) is 9.78 Å². The minimum atomic E-state index is 0.601. The van der Waals surface area contributed by atoms with Crippen LogP contribution < -0.4 is 5.73 Å². The van der Waals surface area contributed by atoms with E-state index in [1.807, 2.05) is 18.3 Å². The summed E-state index contributed by atoms with van der Waals surface area (Å²) in [5, 5.41) is 5.71. The number of aryl methyl sites for hydroxylation is 1. The van der Waals surface area contributed by atoms with Crippen molar-refractivity contribution in [2.24, 2.45) is 0 Å². The molecule has 3 nitrogen and oxygen atoms in total. The van der Waals surface area contributed by atoms with Gasteiger partial charge in [0.1, 0.15) is 0 Å². The Morgan fingerprint density at radius 2 is 2.20 bits per heavy atom. The third-order valence-corrected chi connectivity index (χ3v) is 3.37. The Morgan fingerprint density at radius 3 is 2.87 bits per heavy atom. The van der Waals surface area contributed by atoms with Crippen LogP contribution in [0.25, 0.3) is 10.9 Å². The van der Waals surface area contributed by atoms with E-state index < -0.39 is 0 Å². The van der Waals surface area contributed by atoms with Crippen molar-refractivity contribution >= 4 is 16.6 Å². The molecule has 1 heterocycles. The SMILES string of the molecule is Cc1cc(N)cc2c1cnn2C1CCC1.